The average Bonchev–Trinajstić information content (AvgIpc) is 3.33. The second kappa shape index (κ2) is 7.76. The predicted octanol–water partition coefficient (Wildman–Crippen LogP) is 4.69. The van der Waals surface area contributed by atoms with Crippen molar-refractivity contribution < 1.29 is 22.4 Å². The minimum absolute atomic E-state index is 0.104. The van der Waals surface area contributed by atoms with Gasteiger partial charge in [0.1, 0.15) is 11.4 Å². The minimum atomic E-state index is -1.95. The summed E-state index contributed by atoms with van der Waals surface area (Å²) in [5, 5.41) is 9.21. The Morgan fingerprint density at radius 2 is 1.90 bits per heavy atom. The second-order valence-electron chi connectivity index (χ2n) is 6.30. The van der Waals surface area contributed by atoms with Crippen LogP contribution in [0.2, 0.25) is 5.02 Å². The molecule has 31 heavy (non-hydrogen) atoms. The number of carbonyl (C=O) groups is 1. The van der Waals surface area contributed by atoms with Gasteiger partial charge < -0.3 is 16.0 Å². The Balaban J connectivity index is 1.73. The number of aliphatic imine (C=N–C) groups is 1. The first-order valence-corrected chi connectivity index (χ1v) is 8.93. The highest BCUT2D eigenvalue weighted by atomic mass is 35.5. The molecule has 2 aromatic heterocycles. The van der Waals surface area contributed by atoms with Crippen LogP contribution in [0.5, 0.6) is 0 Å². The van der Waals surface area contributed by atoms with Gasteiger partial charge in [0.2, 0.25) is 0 Å². The third kappa shape index (κ3) is 3.59. The molecule has 158 valence electrons. The standard InChI is InChI=1S/C19H11ClF4N6O/c20-8-2-1-3-9(4-8)28-19-11(17(25)31)18(29-30-19)27-6-7-5-26-16-10(7)12(21)13(22)14(23)15(16)24/h1-6,26H,(H2,25,31)(H2,28,29,30). The van der Waals surface area contributed by atoms with Crippen molar-refractivity contribution in [2.75, 3.05) is 5.32 Å². The summed E-state index contributed by atoms with van der Waals surface area (Å²) in [6, 6.07) is 6.60. The van der Waals surface area contributed by atoms with E-state index in [1.807, 2.05) is 0 Å². The number of primary amides is 1. The zero-order valence-electron chi connectivity index (χ0n) is 15.2. The molecule has 0 radical (unpaired) electrons. The smallest absolute Gasteiger partial charge is 0.256 e. The van der Waals surface area contributed by atoms with Gasteiger partial charge >= 0.3 is 0 Å². The molecule has 2 heterocycles. The van der Waals surface area contributed by atoms with Gasteiger partial charge in [-0.15, -0.1) is 0 Å². The number of benzene rings is 2. The first kappa shape index (κ1) is 20.4. The lowest BCUT2D eigenvalue weighted by molar-refractivity contribution is 0.100. The number of hydrogen-bond donors (Lipinski definition) is 4. The highest BCUT2D eigenvalue weighted by Gasteiger charge is 2.23. The molecule has 4 rings (SSSR count). The van der Waals surface area contributed by atoms with Crippen molar-refractivity contribution >= 4 is 51.9 Å². The van der Waals surface area contributed by atoms with Crippen molar-refractivity contribution in [2.45, 2.75) is 0 Å². The number of hydrogen-bond acceptors (Lipinski definition) is 4. The van der Waals surface area contributed by atoms with E-state index in [0.29, 0.717) is 10.7 Å². The fourth-order valence-electron chi connectivity index (χ4n) is 2.95. The number of nitrogens with one attached hydrogen (secondary N) is 3. The normalized spacial score (nSPS) is 11.5. The van der Waals surface area contributed by atoms with Crippen LogP contribution in [0.25, 0.3) is 10.9 Å². The Labute approximate surface area is 175 Å². The largest absolute Gasteiger partial charge is 0.365 e. The van der Waals surface area contributed by atoms with Gasteiger partial charge in [-0.05, 0) is 18.2 Å². The van der Waals surface area contributed by atoms with Crippen molar-refractivity contribution in [2.24, 2.45) is 10.7 Å². The first-order chi connectivity index (χ1) is 14.8. The monoisotopic (exact) mass is 450 g/mol. The average molecular weight is 451 g/mol. The number of halogens is 5. The van der Waals surface area contributed by atoms with Crippen molar-refractivity contribution in [1.29, 1.82) is 0 Å². The fourth-order valence-corrected chi connectivity index (χ4v) is 3.14. The molecule has 5 N–H and O–H groups in total. The number of carbonyl (C=O) groups excluding carboxylic acids is 1. The number of rotatable bonds is 5. The lowest BCUT2D eigenvalue weighted by Crippen LogP contribution is -2.12. The summed E-state index contributed by atoms with van der Waals surface area (Å²) in [6.07, 6.45) is 2.10. The first-order valence-electron chi connectivity index (χ1n) is 8.55. The van der Waals surface area contributed by atoms with Crippen LogP contribution in [0.3, 0.4) is 0 Å². The Morgan fingerprint density at radius 1 is 1.16 bits per heavy atom. The van der Waals surface area contributed by atoms with Crippen molar-refractivity contribution in [3.8, 4) is 0 Å². The molecule has 0 saturated carbocycles. The molecule has 7 nitrogen and oxygen atoms in total. The molecular weight excluding hydrogens is 440 g/mol. The van der Waals surface area contributed by atoms with E-state index in [1.54, 1.807) is 24.3 Å². The van der Waals surface area contributed by atoms with Gasteiger partial charge in [-0.25, -0.2) is 22.6 Å². The van der Waals surface area contributed by atoms with E-state index in [9.17, 15) is 22.4 Å². The molecule has 2 aromatic carbocycles. The van der Waals surface area contributed by atoms with Crippen LogP contribution in [0, 0.1) is 23.3 Å². The maximum atomic E-state index is 14.2. The summed E-state index contributed by atoms with van der Waals surface area (Å²) in [5.74, 6) is -7.98. The summed E-state index contributed by atoms with van der Waals surface area (Å²) in [6.45, 7) is 0. The number of anilines is 2. The molecular formula is C19H11ClF4N6O. The van der Waals surface area contributed by atoms with E-state index >= 15 is 0 Å². The van der Waals surface area contributed by atoms with Gasteiger partial charge in [0, 0.05) is 28.7 Å². The van der Waals surface area contributed by atoms with Crippen molar-refractivity contribution in [3.63, 3.8) is 0 Å². The third-order valence-electron chi connectivity index (χ3n) is 4.34. The van der Waals surface area contributed by atoms with Gasteiger partial charge in [-0.3, -0.25) is 9.89 Å². The number of H-pyrrole nitrogens is 2. The molecule has 0 bridgehead atoms. The molecule has 0 unspecified atom stereocenters. The number of aromatic amines is 2. The minimum Gasteiger partial charge on any atom is -0.365 e. The molecule has 12 heteroatoms. The summed E-state index contributed by atoms with van der Waals surface area (Å²) < 4.78 is 55.0. The summed E-state index contributed by atoms with van der Waals surface area (Å²) in [5.41, 5.74) is 5.15. The lowest BCUT2D eigenvalue weighted by Gasteiger charge is -2.05. The van der Waals surface area contributed by atoms with Crippen LogP contribution >= 0.6 is 11.6 Å². The van der Waals surface area contributed by atoms with Gasteiger partial charge in [0.05, 0.1) is 10.9 Å². The third-order valence-corrected chi connectivity index (χ3v) is 4.58. The van der Waals surface area contributed by atoms with Gasteiger partial charge in [-0.1, -0.05) is 17.7 Å². The van der Waals surface area contributed by atoms with Crippen LogP contribution < -0.4 is 11.1 Å². The van der Waals surface area contributed by atoms with E-state index in [2.05, 4.69) is 25.5 Å². The van der Waals surface area contributed by atoms with E-state index < -0.39 is 40.1 Å². The van der Waals surface area contributed by atoms with E-state index in [0.717, 1.165) is 12.4 Å². The van der Waals surface area contributed by atoms with E-state index in [4.69, 9.17) is 17.3 Å². The van der Waals surface area contributed by atoms with E-state index in [1.165, 1.54) is 0 Å². The van der Waals surface area contributed by atoms with Crippen LogP contribution in [-0.2, 0) is 0 Å². The number of aromatic nitrogens is 3. The fraction of sp³-hybridized carbons (Fsp3) is 0. The molecule has 0 fully saturated rings. The molecule has 0 aliphatic carbocycles. The predicted molar refractivity (Wildman–Crippen MR) is 107 cm³/mol. The van der Waals surface area contributed by atoms with Crippen LogP contribution in [0.4, 0.5) is 34.9 Å². The summed E-state index contributed by atoms with van der Waals surface area (Å²) in [4.78, 5) is 18.2. The molecule has 0 atom stereocenters. The number of nitrogens with zero attached hydrogens (tertiary/aromatic N) is 2. The number of nitrogens with two attached hydrogens (primary N) is 1. The number of amides is 1. The molecule has 1 amide bonds. The van der Waals surface area contributed by atoms with Crippen LogP contribution in [0.15, 0.2) is 35.5 Å². The molecule has 0 aliphatic heterocycles. The van der Waals surface area contributed by atoms with Gasteiger partial charge in [0.15, 0.2) is 29.1 Å². The van der Waals surface area contributed by atoms with E-state index in [-0.39, 0.29) is 22.8 Å². The quantitative estimate of drug-likeness (QED) is 0.153. The Bertz CT molecular complexity index is 1360. The topological polar surface area (TPSA) is 112 Å². The Morgan fingerprint density at radius 3 is 2.61 bits per heavy atom. The number of fused-ring (bicyclic) bond motifs is 1. The molecule has 4 aromatic rings. The Hall–Kier alpha value is -3.86. The molecule has 0 aliphatic rings. The summed E-state index contributed by atoms with van der Waals surface area (Å²) >= 11 is 5.93. The zero-order valence-corrected chi connectivity index (χ0v) is 16.0. The second-order valence-corrected chi connectivity index (χ2v) is 6.74. The highest BCUT2D eigenvalue weighted by molar-refractivity contribution is 6.30. The highest BCUT2D eigenvalue weighted by Crippen LogP contribution is 2.30. The van der Waals surface area contributed by atoms with Gasteiger partial charge in [-0.2, -0.15) is 5.10 Å². The van der Waals surface area contributed by atoms with Crippen molar-refractivity contribution in [1.82, 2.24) is 15.2 Å². The molecule has 0 spiro atoms. The SMILES string of the molecule is NC(=O)c1c(N=Cc2c[nH]c3c(F)c(F)c(F)c(F)c23)n[nH]c1Nc1cccc(Cl)c1. The zero-order chi connectivity index (χ0) is 22.3. The van der Waals surface area contributed by atoms with Crippen molar-refractivity contribution in [3.05, 3.63) is 69.9 Å². The summed E-state index contributed by atoms with van der Waals surface area (Å²) in [7, 11) is 0. The van der Waals surface area contributed by atoms with Crippen LogP contribution in [0.1, 0.15) is 15.9 Å². The van der Waals surface area contributed by atoms with Gasteiger partial charge in [0.25, 0.3) is 5.91 Å². The maximum Gasteiger partial charge on any atom is 0.256 e. The lowest BCUT2D eigenvalue weighted by atomic mass is 10.1. The maximum absolute atomic E-state index is 14.2. The van der Waals surface area contributed by atoms with Crippen LogP contribution in [-0.4, -0.2) is 27.3 Å². The molecule has 0 saturated heterocycles. The Kier molecular flexibility index (Phi) is 5.11.